The van der Waals surface area contributed by atoms with Crippen LogP contribution in [-0.2, 0) is 9.47 Å². The molecule has 0 aliphatic carbocycles. The molecule has 2 heterocycles. The normalized spacial score (nSPS) is 52.3. The van der Waals surface area contributed by atoms with Crippen molar-refractivity contribution in [1.29, 1.82) is 0 Å². The van der Waals surface area contributed by atoms with E-state index in [1.807, 2.05) is 0 Å². The van der Waals surface area contributed by atoms with Crippen molar-refractivity contribution >= 4 is 0 Å². The number of hydrogen-bond acceptors (Lipinski definition) is 3. The van der Waals surface area contributed by atoms with E-state index in [1.54, 1.807) is 0 Å². The SMILES string of the molecule is [2H]C[C@@]12CO[C@@H]([CH-]O1)[C@@H]2O.[U]. The first-order valence-electron chi connectivity index (χ1n) is 3.59. The van der Waals surface area contributed by atoms with Gasteiger partial charge in [0, 0.05) is 32.5 Å². The van der Waals surface area contributed by atoms with Gasteiger partial charge in [-0.05, 0) is 13.0 Å². The van der Waals surface area contributed by atoms with E-state index in [2.05, 4.69) is 0 Å². The van der Waals surface area contributed by atoms with Crippen LogP contribution in [0.4, 0.5) is 0 Å². The first-order valence-corrected chi connectivity index (χ1v) is 2.88. The predicted octanol–water partition coefficient (Wildman–Crippen LogP) is -0.303. The number of ether oxygens (including phenoxy) is 2. The molecule has 0 unspecified atom stereocenters. The van der Waals surface area contributed by atoms with Gasteiger partial charge in [-0.15, -0.1) is 0 Å². The fourth-order valence-corrected chi connectivity index (χ4v) is 1.13. The van der Waals surface area contributed by atoms with Gasteiger partial charge in [0.25, 0.3) is 0 Å². The molecule has 2 aliphatic rings. The molecule has 4 heteroatoms. The van der Waals surface area contributed by atoms with Crippen LogP contribution in [0.25, 0.3) is 0 Å². The summed E-state index contributed by atoms with van der Waals surface area (Å²) in [6, 6.07) is 0. The molecular weight excluding hydrogens is 358 g/mol. The van der Waals surface area contributed by atoms with E-state index >= 15 is 0 Å². The van der Waals surface area contributed by atoms with Crippen LogP contribution < -0.4 is 0 Å². The topological polar surface area (TPSA) is 38.7 Å². The van der Waals surface area contributed by atoms with Gasteiger partial charge in [-0.2, -0.15) is 6.61 Å². The predicted molar refractivity (Wildman–Crippen MR) is 29.5 cm³/mol. The van der Waals surface area contributed by atoms with Gasteiger partial charge >= 0.3 is 0 Å². The number of rotatable bonds is 0. The molecule has 3 nitrogen and oxygen atoms in total. The Bertz CT molecular complexity index is 147. The molecule has 0 radical (unpaired) electrons. The van der Waals surface area contributed by atoms with Crippen molar-refractivity contribution in [2.45, 2.75) is 24.7 Å². The molecule has 0 spiro atoms. The molecule has 0 amide bonds. The molecule has 1 N–H and O–H groups in total. The summed E-state index contributed by atoms with van der Waals surface area (Å²) >= 11 is 0. The summed E-state index contributed by atoms with van der Waals surface area (Å²) in [6.07, 6.45) is -0.935. The summed E-state index contributed by atoms with van der Waals surface area (Å²) in [5.41, 5.74) is -0.745. The molecule has 0 aromatic carbocycles. The fraction of sp³-hybridized carbons (Fsp3) is 0.833. The zero-order chi connectivity index (χ0) is 7.19. The molecule has 10 heavy (non-hydrogen) atoms. The van der Waals surface area contributed by atoms with E-state index in [1.165, 1.54) is 6.61 Å². The zero-order valence-corrected chi connectivity index (χ0v) is 9.57. The number of aliphatic hydroxyl groups excluding tert-OH is 1. The smallest absolute Gasteiger partial charge is 0.0823 e. The third-order valence-electron chi connectivity index (χ3n) is 1.81. The fourth-order valence-electron chi connectivity index (χ4n) is 1.13. The summed E-state index contributed by atoms with van der Waals surface area (Å²) in [5, 5.41) is 9.38. The summed E-state index contributed by atoms with van der Waals surface area (Å²) < 4.78 is 17.3. The molecule has 2 fully saturated rings. The van der Waals surface area contributed by atoms with Gasteiger partial charge in [0.2, 0.25) is 0 Å². The van der Waals surface area contributed by atoms with Gasteiger partial charge in [-0.25, -0.2) is 0 Å². The van der Waals surface area contributed by atoms with Crippen molar-refractivity contribution in [2.75, 3.05) is 6.61 Å². The van der Waals surface area contributed by atoms with E-state index in [9.17, 15) is 5.11 Å². The molecule has 2 aliphatic heterocycles. The van der Waals surface area contributed by atoms with E-state index in [4.69, 9.17) is 10.8 Å². The second kappa shape index (κ2) is 2.76. The van der Waals surface area contributed by atoms with Gasteiger partial charge in [-0.3, -0.25) is 0 Å². The average Bonchev–Trinajstić information content (AvgIpc) is 2.46. The second-order valence-corrected chi connectivity index (χ2v) is 2.54. The van der Waals surface area contributed by atoms with Crippen LogP contribution in [0.15, 0.2) is 0 Å². The summed E-state index contributed by atoms with van der Waals surface area (Å²) in [4.78, 5) is 0. The largest absolute Gasteiger partial charge is 0.542 e. The van der Waals surface area contributed by atoms with Crippen LogP contribution in [0.3, 0.4) is 0 Å². The quantitative estimate of drug-likeness (QED) is 0.597. The van der Waals surface area contributed by atoms with Crippen molar-refractivity contribution in [3.05, 3.63) is 6.61 Å². The maximum Gasteiger partial charge on any atom is 0.0823 e. The summed E-state index contributed by atoms with van der Waals surface area (Å²) in [7, 11) is 0. The van der Waals surface area contributed by atoms with Gasteiger partial charge < -0.3 is 14.6 Å². The number of hydrogen-bond donors (Lipinski definition) is 1. The Morgan fingerprint density at radius 2 is 2.70 bits per heavy atom. The molecule has 0 aromatic heterocycles. The summed E-state index contributed by atoms with van der Waals surface area (Å²) in [6.45, 7) is 1.88. The third-order valence-corrected chi connectivity index (χ3v) is 1.81. The van der Waals surface area contributed by atoms with E-state index in [0.717, 1.165) is 0 Å². The maximum absolute atomic E-state index is 9.38. The Labute approximate surface area is 84.9 Å². The molecule has 0 saturated carbocycles. The van der Waals surface area contributed by atoms with Crippen LogP contribution >= 0.6 is 0 Å². The van der Waals surface area contributed by atoms with Crippen LogP contribution in [0.1, 0.15) is 8.27 Å². The Morgan fingerprint density at radius 1 is 1.90 bits per heavy atom. The Hall–Kier alpha value is 0.932. The molecule has 0 aromatic rings. The maximum atomic E-state index is 9.38. The third kappa shape index (κ3) is 1.07. The van der Waals surface area contributed by atoms with Crippen molar-refractivity contribution in [2.24, 2.45) is 0 Å². The van der Waals surface area contributed by atoms with Crippen molar-refractivity contribution in [1.82, 2.24) is 0 Å². The summed E-state index contributed by atoms with van der Waals surface area (Å²) in [5.74, 6) is 0. The molecular formula is C6H9O3U-. The van der Waals surface area contributed by atoms with Crippen molar-refractivity contribution in [3.63, 3.8) is 0 Å². The monoisotopic (exact) mass is 368 g/mol. The molecule has 2 rings (SSSR count). The van der Waals surface area contributed by atoms with E-state index in [-0.39, 0.29) is 44.1 Å². The van der Waals surface area contributed by atoms with Gasteiger partial charge in [0.15, 0.2) is 0 Å². The van der Waals surface area contributed by atoms with Gasteiger partial charge in [0.1, 0.15) is 0 Å². The minimum absolute atomic E-state index is 0. The van der Waals surface area contributed by atoms with Crippen molar-refractivity contribution < 1.29 is 47.1 Å². The van der Waals surface area contributed by atoms with E-state index in [0.29, 0.717) is 6.61 Å². The standard InChI is InChI=1S/C6H9O3.U/c1-6-3-8-4(2-9-6)5(6)7;/h2,4-5,7H,3H2,1H3;/q-1;/t4-,5-,6-;/m0./s1/i1D;. The average molecular weight is 368 g/mol. The first kappa shape index (κ1) is 7.57. The zero-order valence-electron chi connectivity index (χ0n) is 6.41. The molecule has 3 atom stereocenters. The number of fused-ring (bicyclic) bond motifs is 2. The Kier molecular flexibility index (Phi) is 2.09. The molecule has 2 saturated heterocycles. The minimum Gasteiger partial charge on any atom is -0.542 e. The van der Waals surface area contributed by atoms with Crippen molar-refractivity contribution in [3.8, 4) is 0 Å². The van der Waals surface area contributed by atoms with E-state index < -0.39 is 11.7 Å². The Balaban J connectivity index is 0.000000605. The molecule has 2 bridgehead atoms. The Morgan fingerprint density at radius 3 is 2.90 bits per heavy atom. The van der Waals surface area contributed by atoms with Gasteiger partial charge in [-0.1, -0.05) is 0 Å². The number of aliphatic hydroxyl groups is 1. The molecule has 56 valence electrons. The van der Waals surface area contributed by atoms with Crippen LogP contribution in [0.5, 0.6) is 0 Å². The first-order chi connectivity index (χ1) is 4.78. The minimum atomic E-state index is -0.745. The second-order valence-electron chi connectivity index (χ2n) is 2.54. The van der Waals surface area contributed by atoms with Crippen LogP contribution in [-0.4, -0.2) is 29.5 Å². The van der Waals surface area contributed by atoms with Crippen LogP contribution in [0, 0.1) is 37.7 Å². The van der Waals surface area contributed by atoms with Crippen LogP contribution in [0.2, 0.25) is 0 Å². The van der Waals surface area contributed by atoms with Gasteiger partial charge in [0.05, 0.1) is 18.3 Å².